The molecule has 1 aliphatic rings. The summed E-state index contributed by atoms with van der Waals surface area (Å²) in [5, 5.41) is 3.11. The number of para-hydroxylation sites is 1. The molecule has 7 nitrogen and oxygen atoms in total. The van der Waals surface area contributed by atoms with Crippen LogP contribution in [0.1, 0.15) is 32.1 Å². The summed E-state index contributed by atoms with van der Waals surface area (Å²) in [6.45, 7) is 0.0686. The Morgan fingerprint density at radius 2 is 1.74 bits per heavy atom. The molecule has 1 N–H and O–H groups in total. The van der Waals surface area contributed by atoms with Gasteiger partial charge in [0.05, 0.1) is 13.7 Å². The average Bonchev–Trinajstić information content (AvgIpc) is 2.79. The number of hydrogen-bond acceptors (Lipinski definition) is 5. The van der Waals surface area contributed by atoms with Crippen molar-refractivity contribution in [3.63, 3.8) is 0 Å². The van der Waals surface area contributed by atoms with Crippen LogP contribution in [-0.2, 0) is 14.8 Å². The van der Waals surface area contributed by atoms with Crippen molar-refractivity contribution >= 4 is 27.3 Å². The number of nitrogens with zero attached hydrogens (tertiary/aromatic N) is 2. The molecular weight excluding hydrogens is 414 g/mol. The Kier molecular flexibility index (Phi) is 7.56. The van der Waals surface area contributed by atoms with Gasteiger partial charge in [0.1, 0.15) is 10.6 Å². The number of nitrogens with one attached hydrogen (secondary N) is 1. The molecule has 0 spiro atoms. The first-order chi connectivity index (χ1) is 14.8. The van der Waals surface area contributed by atoms with Gasteiger partial charge in [-0.3, -0.25) is 4.79 Å². The lowest BCUT2D eigenvalue weighted by molar-refractivity contribution is -0.117. The third kappa shape index (κ3) is 5.37. The Balaban J connectivity index is 1.81. The van der Waals surface area contributed by atoms with Gasteiger partial charge in [-0.25, -0.2) is 12.7 Å². The van der Waals surface area contributed by atoms with E-state index in [4.69, 9.17) is 4.74 Å². The van der Waals surface area contributed by atoms with Gasteiger partial charge >= 0.3 is 0 Å². The lowest BCUT2D eigenvalue weighted by Gasteiger charge is -2.34. The fourth-order valence-corrected chi connectivity index (χ4v) is 5.01. The van der Waals surface area contributed by atoms with Gasteiger partial charge in [0.25, 0.3) is 0 Å². The zero-order valence-electron chi connectivity index (χ0n) is 18.4. The fraction of sp³-hybridized carbons (Fsp3) is 0.435. The molecule has 0 saturated heterocycles. The van der Waals surface area contributed by atoms with Gasteiger partial charge in [0.2, 0.25) is 15.9 Å². The number of sulfonamides is 1. The van der Waals surface area contributed by atoms with E-state index in [9.17, 15) is 13.2 Å². The summed E-state index contributed by atoms with van der Waals surface area (Å²) in [5.74, 6) is 0.227. The largest absolute Gasteiger partial charge is 0.495 e. The zero-order valence-corrected chi connectivity index (χ0v) is 19.2. The van der Waals surface area contributed by atoms with E-state index in [1.807, 2.05) is 35.2 Å². The minimum atomic E-state index is -3.68. The SMILES string of the molecule is COc1ccc(NCC(=O)N(c2ccccc2)C2CCCCC2)cc1S(=O)(=O)N(C)C. The normalized spacial score (nSPS) is 15.0. The zero-order chi connectivity index (χ0) is 22.4. The second kappa shape index (κ2) is 10.2. The molecule has 0 aliphatic heterocycles. The standard InChI is InChI=1S/C23H31N3O4S/c1-25(2)31(28,29)22-16-18(14-15-21(22)30-3)24-17-23(27)26(19-10-6-4-7-11-19)20-12-8-5-9-13-20/h4,6-7,10-11,14-16,20,24H,5,8-9,12-13,17H2,1-3H3. The van der Waals surface area contributed by atoms with E-state index in [1.54, 1.807) is 12.1 Å². The van der Waals surface area contributed by atoms with Gasteiger partial charge < -0.3 is 15.0 Å². The molecule has 1 fully saturated rings. The van der Waals surface area contributed by atoms with Gasteiger partial charge in [-0.05, 0) is 43.2 Å². The number of carbonyl (C=O) groups excluding carboxylic acids is 1. The molecule has 8 heteroatoms. The molecule has 2 aromatic carbocycles. The van der Waals surface area contributed by atoms with Crippen LogP contribution in [0.2, 0.25) is 0 Å². The third-order valence-electron chi connectivity index (χ3n) is 5.61. The molecule has 31 heavy (non-hydrogen) atoms. The van der Waals surface area contributed by atoms with Crippen molar-refractivity contribution in [1.82, 2.24) is 4.31 Å². The lowest BCUT2D eigenvalue weighted by Crippen LogP contribution is -2.44. The molecule has 1 aliphatic carbocycles. The van der Waals surface area contributed by atoms with Gasteiger partial charge in [0.15, 0.2) is 0 Å². The number of rotatable bonds is 8. The molecule has 1 saturated carbocycles. The Morgan fingerprint density at radius 3 is 2.35 bits per heavy atom. The van der Waals surface area contributed by atoms with Crippen LogP contribution in [0.15, 0.2) is 53.4 Å². The Labute approximate surface area is 185 Å². The summed E-state index contributed by atoms with van der Waals surface area (Å²) in [4.78, 5) is 15.2. The summed E-state index contributed by atoms with van der Waals surface area (Å²) in [6.07, 6.45) is 5.45. The van der Waals surface area contributed by atoms with Crippen molar-refractivity contribution in [1.29, 1.82) is 0 Å². The van der Waals surface area contributed by atoms with E-state index in [0.717, 1.165) is 35.7 Å². The quantitative estimate of drug-likeness (QED) is 0.670. The minimum absolute atomic E-state index is 0.0362. The third-order valence-corrected chi connectivity index (χ3v) is 7.45. The van der Waals surface area contributed by atoms with Crippen LogP contribution in [-0.4, -0.2) is 52.4 Å². The maximum absolute atomic E-state index is 13.2. The summed E-state index contributed by atoms with van der Waals surface area (Å²) < 4.78 is 31.7. The first kappa shape index (κ1) is 23.1. The highest BCUT2D eigenvalue weighted by Gasteiger charge is 2.27. The highest BCUT2D eigenvalue weighted by Crippen LogP contribution is 2.30. The van der Waals surface area contributed by atoms with Crippen molar-refractivity contribution in [2.45, 2.75) is 43.0 Å². The fourth-order valence-electron chi connectivity index (χ4n) is 3.93. The summed E-state index contributed by atoms with van der Waals surface area (Å²) in [7, 11) is 0.694. The summed E-state index contributed by atoms with van der Waals surface area (Å²) in [5.41, 5.74) is 1.44. The molecule has 0 heterocycles. The molecule has 0 radical (unpaired) electrons. The van der Waals surface area contributed by atoms with Gasteiger partial charge in [0, 0.05) is 31.5 Å². The Bertz CT molecular complexity index is 987. The Hall–Kier alpha value is -2.58. The number of ether oxygens (including phenoxy) is 1. The average molecular weight is 446 g/mol. The van der Waals surface area contributed by atoms with E-state index in [0.29, 0.717) is 5.69 Å². The van der Waals surface area contributed by atoms with Crippen LogP contribution in [0.3, 0.4) is 0 Å². The molecule has 168 valence electrons. The molecule has 3 rings (SSSR count). The highest BCUT2D eigenvalue weighted by molar-refractivity contribution is 7.89. The minimum Gasteiger partial charge on any atom is -0.495 e. The van der Waals surface area contributed by atoms with Crippen LogP contribution >= 0.6 is 0 Å². The van der Waals surface area contributed by atoms with Crippen molar-refractivity contribution < 1.29 is 17.9 Å². The summed E-state index contributed by atoms with van der Waals surface area (Å²) in [6, 6.07) is 14.7. The van der Waals surface area contributed by atoms with E-state index in [1.165, 1.54) is 33.7 Å². The Morgan fingerprint density at radius 1 is 1.06 bits per heavy atom. The first-order valence-corrected chi connectivity index (χ1v) is 12.0. The predicted octanol–water partition coefficient (Wildman–Crippen LogP) is 3.72. The monoisotopic (exact) mass is 445 g/mol. The molecular formula is C23H31N3O4S. The van der Waals surface area contributed by atoms with E-state index in [-0.39, 0.29) is 29.1 Å². The van der Waals surface area contributed by atoms with Gasteiger partial charge in [-0.15, -0.1) is 0 Å². The molecule has 0 bridgehead atoms. The topological polar surface area (TPSA) is 79.0 Å². The second-order valence-corrected chi connectivity index (χ2v) is 10.0. The molecule has 2 aromatic rings. The number of anilines is 2. The summed E-state index contributed by atoms with van der Waals surface area (Å²) >= 11 is 0. The molecule has 0 unspecified atom stereocenters. The lowest BCUT2D eigenvalue weighted by atomic mass is 9.93. The van der Waals surface area contributed by atoms with Gasteiger partial charge in [-0.1, -0.05) is 37.5 Å². The van der Waals surface area contributed by atoms with E-state index < -0.39 is 10.0 Å². The molecule has 1 amide bonds. The number of carbonyl (C=O) groups is 1. The highest BCUT2D eigenvalue weighted by atomic mass is 32.2. The van der Waals surface area contributed by atoms with Gasteiger partial charge in [-0.2, -0.15) is 0 Å². The maximum Gasteiger partial charge on any atom is 0.246 e. The number of benzene rings is 2. The molecule has 0 aromatic heterocycles. The smallest absolute Gasteiger partial charge is 0.246 e. The van der Waals surface area contributed by atoms with Crippen LogP contribution < -0.4 is 15.0 Å². The van der Waals surface area contributed by atoms with Crippen molar-refractivity contribution in [3.05, 3.63) is 48.5 Å². The van der Waals surface area contributed by atoms with Crippen LogP contribution in [0, 0.1) is 0 Å². The number of methoxy groups -OCH3 is 1. The van der Waals surface area contributed by atoms with E-state index >= 15 is 0 Å². The van der Waals surface area contributed by atoms with Crippen molar-refractivity contribution in [3.8, 4) is 5.75 Å². The van der Waals surface area contributed by atoms with Crippen molar-refractivity contribution in [2.75, 3.05) is 38.0 Å². The van der Waals surface area contributed by atoms with E-state index in [2.05, 4.69) is 5.32 Å². The second-order valence-electron chi connectivity index (χ2n) is 7.90. The van der Waals surface area contributed by atoms with Crippen LogP contribution in [0.5, 0.6) is 5.75 Å². The number of amides is 1. The van der Waals surface area contributed by atoms with Crippen LogP contribution in [0.25, 0.3) is 0 Å². The maximum atomic E-state index is 13.2. The molecule has 0 atom stereocenters. The van der Waals surface area contributed by atoms with Crippen LogP contribution in [0.4, 0.5) is 11.4 Å². The first-order valence-electron chi connectivity index (χ1n) is 10.6. The predicted molar refractivity (Wildman–Crippen MR) is 123 cm³/mol. The number of hydrogen-bond donors (Lipinski definition) is 1. The van der Waals surface area contributed by atoms with Crippen molar-refractivity contribution in [2.24, 2.45) is 0 Å².